The maximum atomic E-state index is 12.3. The van der Waals surface area contributed by atoms with E-state index in [9.17, 15) is 14.9 Å². The number of nitrogens with zero attached hydrogens (tertiary/aromatic N) is 4. The van der Waals surface area contributed by atoms with Crippen LogP contribution < -0.4 is 0 Å². The van der Waals surface area contributed by atoms with Gasteiger partial charge in [-0.15, -0.1) is 5.10 Å². The fraction of sp³-hybridized carbons (Fsp3) is 0. The molecular weight excluding hydrogens is 284 g/mol. The molecule has 3 aromatic rings. The third-order valence-corrected chi connectivity index (χ3v) is 3.16. The highest BCUT2D eigenvalue weighted by molar-refractivity contribution is 6.09. The van der Waals surface area contributed by atoms with Crippen LogP contribution in [-0.4, -0.2) is 25.7 Å². The first-order valence-electron chi connectivity index (χ1n) is 6.41. The lowest BCUT2D eigenvalue weighted by Gasteiger charge is -2.03. The molecule has 0 amide bonds. The van der Waals surface area contributed by atoms with Gasteiger partial charge in [-0.1, -0.05) is 5.21 Å². The molecule has 108 valence electrons. The van der Waals surface area contributed by atoms with Gasteiger partial charge in [0.2, 0.25) is 0 Å². The number of hydrogen-bond donors (Lipinski definition) is 0. The lowest BCUT2D eigenvalue weighted by atomic mass is 10.0. The van der Waals surface area contributed by atoms with E-state index in [2.05, 4.69) is 10.3 Å². The molecule has 0 N–H and O–H groups in total. The Hall–Kier alpha value is -3.35. The normalized spacial score (nSPS) is 10.4. The maximum absolute atomic E-state index is 12.3. The van der Waals surface area contributed by atoms with E-state index in [1.807, 2.05) is 0 Å². The van der Waals surface area contributed by atoms with E-state index in [1.165, 1.54) is 24.3 Å². The summed E-state index contributed by atoms with van der Waals surface area (Å²) in [7, 11) is 0. The molecule has 0 bridgehead atoms. The molecular formula is C15H10N4O3. The van der Waals surface area contributed by atoms with Gasteiger partial charge in [0.05, 0.1) is 23.0 Å². The molecule has 1 heterocycles. The van der Waals surface area contributed by atoms with E-state index < -0.39 is 4.92 Å². The summed E-state index contributed by atoms with van der Waals surface area (Å²) in [5, 5.41) is 18.2. The van der Waals surface area contributed by atoms with Gasteiger partial charge >= 0.3 is 0 Å². The zero-order valence-electron chi connectivity index (χ0n) is 11.3. The molecule has 0 saturated heterocycles. The molecule has 0 atom stereocenters. The van der Waals surface area contributed by atoms with Gasteiger partial charge in [-0.2, -0.15) is 0 Å². The monoisotopic (exact) mass is 294 g/mol. The van der Waals surface area contributed by atoms with Crippen molar-refractivity contribution >= 4 is 11.5 Å². The highest BCUT2D eigenvalue weighted by Gasteiger charge is 2.11. The Bertz CT molecular complexity index is 809. The largest absolute Gasteiger partial charge is 0.289 e. The van der Waals surface area contributed by atoms with Crippen LogP contribution in [0.2, 0.25) is 0 Å². The highest BCUT2D eigenvalue weighted by atomic mass is 16.6. The Morgan fingerprint density at radius 3 is 2.09 bits per heavy atom. The fourth-order valence-corrected chi connectivity index (χ4v) is 2.01. The van der Waals surface area contributed by atoms with Crippen LogP contribution in [0.3, 0.4) is 0 Å². The second kappa shape index (κ2) is 5.57. The van der Waals surface area contributed by atoms with Gasteiger partial charge < -0.3 is 0 Å². The first kappa shape index (κ1) is 13.6. The summed E-state index contributed by atoms with van der Waals surface area (Å²) >= 11 is 0. The van der Waals surface area contributed by atoms with Crippen molar-refractivity contribution in [3.8, 4) is 5.69 Å². The summed E-state index contributed by atoms with van der Waals surface area (Å²) in [6.07, 6.45) is 3.27. The smallest absolute Gasteiger partial charge is 0.269 e. The van der Waals surface area contributed by atoms with Crippen molar-refractivity contribution in [1.29, 1.82) is 0 Å². The lowest BCUT2D eigenvalue weighted by Crippen LogP contribution is -2.02. The number of carbonyl (C=O) groups excluding carboxylic acids is 1. The molecule has 0 unspecified atom stereocenters. The minimum atomic E-state index is -0.499. The molecule has 22 heavy (non-hydrogen) atoms. The Labute approximate surface area is 125 Å². The van der Waals surface area contributed by atoms with E-state index in [-0.39, 0.29) is 11.5 Å². The van der Waals surface area contributed by atoms with Gasteiger partial charge in [0, 0.05) is 23.3 Å². The fourth-order valence-electron chi connectivity index (χ4n) is 2.01. The van der Waals surface area contributed by atoms with Crippen molar-refractivity contribution < 1.29 is 9.72 Å². The van der Waals surface area contributed by atoms with E-state index in [0.717, 1.165) is 5.69 Å². The molecule has 0 aliphatic rings. The number of benzene rings is 2. The third kappa shape index (κ3) is 2.59. The third-order valence-electron chi connectivity index (χ3n) is 3.16. The van der Waals surface area contributed by atoms with Crippen molar-refractivity contribution in [2.24, 2.45) is 0 Å². The second-order valence-corrected chi connectivity index (χ2v) is 4.53. The molecule has 3 rings (SSSR count). The topological polar surface area (TPSA) is 90.9 Å². The number of non-ortho nitro benzene ring substituents is 1. The molecule has 0 saturated carbocycles. The van der Waals surface area contributed by atoms with Crippen LogP contribution in [0.5, 0.6) is 0 Å². The maximum Gasteiger partial charge on any atom is 0.269 e. The highest BCUT2D eigenvalue weighted by Crippen LogP contribution is 2.16. The average molecular weight is 294 g/mol. The van der Waals surface area contributed by atoms with Crippen LogP contribution >= 0.6 is 0 Å². The summed E-state index contributed by atoms with van der Waals surface area (Å²) in [4.78, 5) is 22.4. The predicted molar refractivity (Wildman–Crippen MR) is 77.9 cm³/mol. The molecule has 2 aromatic carbocycles. The quantitative estimate of drug-likeness (QED) is 0.418. The number of carbonyl (C=O) groups is 1. The molecule has 0 aliphatic carbocycles. The number of nitro benzene ring substituents is 1. The Morgan fingerprint density at radius 1 is 1.00 bits per heavy atom. The lowest BCUT2D eigenvalue weighted by molar-refractivity contribution is -0.384. The molecule has 1 aromatic heterocycles. The molecule has 0 fully saturated rings. The van der Waals surface area contributed by atoms with Crippen LogP contribution in [0.25, 0.3) is 5.69 Å². The van der Waals surface area contributed by atoms with E-state index in [1.54, 1.807) is 41.3 Å². The zero-order chi connectivity index (χ0) is 15.5. The van der Waals surface area contributed by atoms with Crippen LogP contribution in [-0.2, 0) is 0 Å². The van der Waals surface area contributed by atoms with Gasteiger partial charge in [-0.25, -0.2) is 4.68 Å². The zero-order valence-corrected chi connectivity index (χ0v) is 11.3. The number of ketones is 1. The summed E-state index contributed by atoms with van der Waals surface area (Å²) < 4.78 is 1.58. The molecule has 0 aliphatic heterocycles. The van der Waals surface area contributed by atoms with Crippen molar-refractivity contribution in [1.82, 2.24) is 15.0 Å². The Kier molecular flexibility index (Phi) is 3.45. The molecule has 7 nitrogen and oxygen atoms in total. The van der Waals surface area contributed by atoms with Gasteiger partial charge in [0.1, 0.15) is 0 Å². The van der Waals surface area contributed by atoms with Crippen molar-refractivity contribution in [2.75, 3.05) is 0 Å². The molecule has 7 heteroatoms. The van der Waals surface area contributed by atoms with E-state index >= 15 is 0 Å². The first-order chi connectivity index (χ1) is 10.6. The first-order valence-corrected chi connectivity index (χ1v) is 6.41. The summed E-state index contributed by atoms with van der Waals surface area (Å²) in [6.45, 7) is 0. The van der Waals surface area contributed by atoms with Crippen molar-refractivity contribution in [3.05, 3.63) is 82.2 Å². The van der Waals surface area contributed by atoms with Crippen molar-refractivity contribution in [2.45, 2.75) is 0 Å². The van der Waals surface area contributed by atoms with E-state index in [4.69, 9.17) is 0 Å². The van der Waals surface area contributed by atoms with Gasteiger partial charge in [-0.05, 0) is 36.4 Å². The molecule has 0 radical (unpaired) electrons. The van der Waals surface area contributed by atoms with Crippen LogP contribution in [0.1, 0.15) is 15.9 Å². The van der Waals surface area contributed by atoms with E-state index in [0.29, 0.717) is 11.1 Å². The summed E-state index contributed by atoms with van der Waals surface area (Å²) in [5.41, 5.74) is 1.65. The summed E-state index contributed by atoms with van der Waals surface area (Å²) in [5.74, 6) is -0.194. The predicted octanol–water partition coefficient (Wildman–Crippen LogP) is 2.41. The number of rotatable bonds is 4. The van der Waals surface area contributed by atoms with Crippen LogP contribution in [0, 0.1) is 10.1 Å². The molecule has 0 spiro atoms. The minimum absolute atomic E-state index is 0.0434. The Morgan fingerprint density at radius 2 is 1.59 bits per heavy atom. The van der Waals surface area contributed by atoms with Gasteiger partial charge in [0.25, 0.3) is 5.69 Å². The minimum Gasteiger partial charge on any atom is -0.289 e. The SMILES string of the molecule is O=C(c1ccc(-n2ccnn2)cc1)c1ccc([N+](=O)[O-])cc1. The van der Waals surface area contributed by atoms with Crippen LogP contribution in [0.15, 0.2) is 60.9 Å². The standard InChI is InChI=1S/C15H10N4O3/c20-15(12-3-7-14(8-4-12)19(21)22)11-1-5-13(6-2-11)18-10-9-16-17-18/h1-10H. The number of hydrogen-bond acceptors (Lipinski definition) is 5. The number of nitro groups is 1. The average Bonchev–Trinajstić information content (AvgIpc) is 3.09. The Balaban J connectivity index is 1.84. The second-order valence-electron chi connectivity index (χ2n) is 4.53. The van der Waals surface area contributed by atoms with Gasteiger partial charge in [-0.3, -0.25) is 14.9 Å². The van der Waals surface area contributed by atoms with Crippen LogP contribution in [0.4, 0.5) is 5.69 Å². The van der Waals surface area contributed by atoms with Crippen molar-refractivity contribution in [3.63, 3.8) is 0 Å². The van der Waals surface area contributed by atoms with Gasteiger partial charge in [0.15, 0.2) is 5.78 Å². The number of aromatic nitrogens is 3. The summed E-state index contributed by atoms with van der Waals surface area (Å²) in [6, 6.07) is 12.4.